The first kappa shape index (κ1) is 26.0. The van der Waals surface area contributed by atoms with E-state index in [0.717, 1.165) is 18.4 Å². The molecule has 0 spiro atoms. The summed E-state index contributed by atoms with van der Waals surface area (Å²) in [7, 11) is 0. The van der Waals surface area contributed by atoms with E-state index in [9.17, 15) is 35.1 Å². The number of cyclic esters (lactones) is 1. The lowest BCUT2D eigenvalue weighted by Gasteiger charge is -2.66. The normalized spacial score (nSPS) is 48.4. The maximum atomic E-state index is 13.2. The number of allylic oxidation sites excluding steroid dienone is 1. The summed E-state index contributed by atoms with van der Waals surface area (Å²) in [4.78, 5) is 25.8. The van der Waals surface area contributed by atoms with Crippen LogP contribution in [0, 0.1) is 16.7 Å². The van der Waals surface area contributed by atoms with Gasteiger partial charge in [-0.05, 0) is 65.7 Å². The van der Waals surface area contributed by atoms with Crippen LogP contribution in [0.4, 0.5) is 0 Å². The third-order valence-corrected chi connectivity index (χ3v) is 11.5. The highest BCUT2D eigenvalue weighted by molar-refractivity contribution is 5.91. The van der Waals surface area contributed by atoms with Crippen molar-refractivity contribution in [2.24, 2.45) is 16.7 Å². The molecule has 3 fully saturated rings. The second-order valence-electron chi connectivity index (χ2n) is 12.6. The topological polar surface area (TPSA) is 145 Å². The molecule has 8 heteroatoms. The van der Waals surface area contributed by atoms with Crippen molar-refractivity contribution >= 4 is 11.8 Å². The number of Topliss-reactive ketones (excluding diaryl/α,β-unsaturated/α-hetero) is 1. The van der Waals surface area contributed by atoms with Crippen LogP contribution in [-0.2, 0) is 14.3 Å². The number of hydrogen-bond donors (Lipinski definition) is 5. The maximum absolute atomic E-state index is 13.2. The number of ketones is 1. The minimum Gasteiger partial charge on any atom is -0.455 e. The fraction of sp³-hybridized carbons (Fsp3) is 0.786. The van der Waals surface area contributed by atoms with Crippen LogP contribution in [0.2, 0.25) is 0 Å². The molecule has 0 aromatic carbocycles. The van der Waals surface area contributed by atoms with Gasteiger partial charge in [-0.2, -0.15) is 0 Å². The number of esters is 1. The minimum absolute atomic E-state index is 0.00701. The van der Waals surface area contributed by atoms with Gasteiger partial charge in [0.05, 0.1) is 17.6 Å². The Morgan fingerprint density at radius 2 is 1.81 bits per heavy atom. The minimum atomic E-state index is -1.95. The van der Waals surface area contributed by atoms with Crippen LogP contribution < -0.4 is 0 Å². The van der Waals surface area contributed by atoms with Gasteiger partial charge in [0.2, 0.25) is 0 Å². The average molecular weight is 505 g/mol. The Kier molecular flexibility index (Phi) is 5.59. The van der Waals surface area contributed by atoms with Gasteiger partial charge in [0.25, 0.3) is 0 Å². The smallest absolute Gasteiger partial charge is 0.336 e. The average Bonchev–Trinajstić information content (AvgIpc) is 3.03. The van der Waals surface area contributed by atoms with Gasteiger partial charge in [0.15, 0.2) is 0 Å². The number of carbonyl (C=O) groups excluding carboxylic acids is 2. The Hall–Kier alpha value is -1.58. The first-order valence-corrected chi connectivity index (χ1v) is 13.3. The van der Waals surface area contributed by atoms with Crippen molar-refractivity contribution < 1.29 is 39.9 Å². The second kappa shape index (κ2) is 7.73. The molecule has 0 amide bonds. The molecule has 5 N–H and O–H groups in total. The summed E-state index contributed by atoms with van der Waals surface area (Å²) >= 11 is 0. The van der Waals surface area contributed by atoms with Crippen LogP contribution in [-0.4, -0.2) is 72.4 Å². The van der Waals surface area contributed by atoms with E-state index in [1.807, 2.05) is 13.0 Å². The number of hydrogen-bond acceptors (Lipinski definition) is 8. The monoisotopic (exact) mass is 504 g/mol. The third kappa shape index (κ3) is 2.77. The SMILES string of the molecule is CC1=C(CO)C(=O)OC(C(C)(O)C2(O)CCC3(O)C4(O)CC=C5CCCC(=O)C5(C)C4CCC23C)C1. The van der Waals surface area contributed by atoms with E-state index in [-0.39, 0.29) is 43.5 Å². The lowest BCUT2D eigenvalue weighted by molar-refractivity contribution is -0.315. The Balaban J connectivity index is 1.56. The largest absolute Gasteiger partial charge is 0.455 e. The molecular weight excluding hydrogens is 464 g/mol. The Labute approximate surface area is 212 Å². The first-order chi connectivity index (χ1) is 16.6. The quantitative estimate of drug-likeness (QED) is 0.289. The highest BCUT2D eigenvalue weighted by atomic mass is 16.6. The van der Waals surface area contributed by atoms with Crippen LogP contribution in [0.25, 0.3) is 0 Å². The zero-order chi connectivity index (χ0) is 26.5. The summed E-state index contributed by atoms with van der Waals surface area (Å²) in [5.41, 5.74) is -7.70. The van der Waals surface area contributed by atoms with Crippen LogP contribution in [0.15, 0.2) is 22.8 Å². The van der Waals surface area contributed by atoms with Crippen molar-refractivity contribution in [3.63, 3.8) is 0 Å². The molecule has 5 rings (SSSR count). The molecule has 0 bridgehead atoms. The summed E-state index contributed by atoms with van der Waals surface area (Å²) in [6.07, 6.45) is 3.92. The highest BCUT2D eigenvalue weighted by Crippen LogP contribution is 2.71. The van der Waals surface area contributed by atoms with Crippen LogP contribution >= 0.6 is 0 Å². The van der Waals surface area contributed by atoms with Crippen LogP contribution in [0.1, 0.15) is 85.5 Å². The van der Waals surface area contributed by atoms with E-state index >= 15 is 0 Å². The lowest BCUT2D eigenvalue weighted by Crippen LogP contribution is -2.77. The zero-order valence-electron chi connectivity index (χ0n) is 21.8. The fourth-order valence-corrected chi connectivity index (χ4v) is 8.96. The first-order valence-electron chi connectivity index (χ1n) is 13.3. The summed E-state index contributed by atoms with van der Waals surface area (Å²) in [6.45, 7) is 6.25. The molecule has 0 aromatic heterocycles. The molecule has 0 radical (unpaired) electrons. The molecule has 5 aliphatic rings. The van der Waals surface area contributed by atoms with Crippen LogP contribution in [0.5, 0.6) is 0 Å². The summed E-state index contributed by atoms with van der Waals surface area (Å²) in [5, 5.41) is 58.4. The number of fused-ring (bicyclic) bond motifs is 5. The number of ether oxygens (including phenoxy) is 1. The van der Waals surface area contributed by atoms with Crippen molar-refractivity contribution in [3.8, 4) is 0 Å². The van der Waals surface area contributed by atoms with Gasteiger partial charge >= 0.3 is 5.97 Å². The molecule has 1 aliphatic heterocycles. The Morgan fingerprint density at radius 3 is 2.44 bits per heavy atom. The fourth-order valence-electron chi connectivity index (χ4n) is 8.96. The lowest BCUT2D eigenvalue weighted by atomic mass is 9.42. The number of rotatable bonds is 3. The van der Waals surface area contributed by atoms with Gasteiger partial charge in [0, 0.05) is 24.2 Å². The standard InChI is InChI=1S/C28H40O8/c1-16-14-21(36-22(31)18(16)15-29)25(4,32)27(34)12-13-28(35)23(27,2)10-9-19-24(3)17(6-5-7-20(24)30)8-11-26(19,28)33/h8,19,21,29,32-35H,5-7,9-15H2,1-4H3. The molecule has 0 saturated heterocycles. The van der Waals surface area contributed by atoms with Crippen molar-refractivity contribution in [1.82, 2.24) is 0 Å². The van der Waals surface area contributed by atoms with Crippen molar-refractivity contribution in [3.05, 3.63) is 22.8 Å². The zero-order valence-corrected chi connectivity index (χ0v) is 21.8. The van der Waals surface area contributed by atoms with E-state index in [4.69, 9.17) is 4.74 Å². The summed E-state index contributed by atoms with van der Waals surface area (Å²) < 4.78 is 5.53. The molecule has 8 nitrogen and oxygen atoms in total. The number of aliphatic hydroxyl groups excluding tert-OH is 1. The predicted molar refractivity (Wildman–Crippen MR) is 129 cm³/mol. The van der Waals surface area contributed by atoms with Crippen molar-refractivity contribution in [2.75, 3.05) is 6.61 Å². The van der Waals surface area contributed by atoms with E-state index in [2.05, 4.69) is 0 Å². The Bertz CT molecular complexity index is 1080. The molecule has 8 atom stereocenters. The van der Waals surface area contributed by atoms with Crippen molar-refractivity contribution in [1.29, 1.82) is 0 Å². The van der Waals surface area contributed by atoms with Gasteiger partial charge in [-0.1, -0.05) is 24.1 Å². The predicted octanol–water partition coefficient (Wildman–Crippen LogP) is 1.85. The number of carbonyl (C=O) groups is 2. The molecule has 0 aromatic rings. The molecule has 3 saturated carbocycles. The number of aliphatic hydroxyl groups is 5. The molecule has 200 valence electrons. The van der Waals surface area contributed by atoms with Gasteiger partial charge < -0.3 is 30.3 Å². The van der Waals surface area contributed by atoms with Crippen molar-refractivity contribution in [2.45, 2.75) is 114 Å². The highest BCUT2D eigenvalue weighted by Gasteiger charge is 2.80. The van der Waals surface area contributed by atoms with Gasteiger partial charge in [-0.25, -0.2) is 4.79 Å². The van der Waals surface area contributed by atoms with Crippen LogP contribution in [0.3, 0.4) is 0 Å². The summed E-state index contributed by atoms with van der Waals surface area (Å²) in [5.74, 6) is -1.14. The molecule has 1 heterocycles. The van der Waals surface area contributed by atoms with E-state index in [1.54, 1.807) is 13.8 Å². The van der Waals surface area contributed by atoms with E-state index < -0.39 is 57.8 Å². The van der Waals surface area contributed by atoms with E-state index in [0.29, 0.717) is 18.4 Å². The maximum Gasteiger partial charge on any atom is 0.336 e. The summed E-state index contributed by atoms with van der Waals surface area (Å²) in [6, 6.07) is 0. The molecule has 8 unspecified atom stereocenters. The second-order valence-corrected chi connectivity index (χ2v) is 12.6. The van der Waals surface area contributed by atoms with E-state index in [1.165, 1.54) is 6.92 Å². The molecule has 36 heavy (non-hydrogen) atoms. The Morgan fingerprint density at radius 1 is 1.11 bits per heavy atom. The molecule has 4 aliphatic carbocycles. The van der Waals surface area contributed by atoms with Gasteiger partial charge in [-0.3, -0.25) is 4.79 Å². The molecular formula is C28H40O8. The van der Waals surface area contributed by atoms with Gasteiger partial charge in [-0.15, -0.1) is 0 Å². The van der Waals surface area contributed by atoms with Gasteiger partial charge in [0.1, 0.15) is 34.3 Å². The third-order valence-electron chi connectivity index (χ3n) is 11.5.